The lowest BCUT2D eigenvalue weighted by molar-refractivity contribution is -0.137. The summed E-state index contributed by atoms with van der Waals surface area (Å²) < 4.78 is 71.6. The summed E-state index contributed by atoms with van der Waals surface area (Å²) in [7, 11) is -4.13. The number of aromatic nitrogens is 1. The molecule has 0 bridgehead atoms. The van der Waals surface area contributed by atoms with Crippen LogP contribution in [0, 0.1) is 20.8 Å². The van der Waals surface area contributed by atoms with E-state index in [9.17, 15) is 21.6 Å². The molecule has 154 valence electrons. The van der Waals surface area contributed by atoms with Crippen LogP contribution in [0.2, 0.25) is 0 Å². The first-order valence-corrected chi connectivity index (χ1v) is 10.2. The molecule has 1 N–H and O–H groups in total. The average Bonchev–Trinajstić information content (AvgIpc) is 2.97. The molecule has 0 atom stereocenters. The highest BCUT2D eigenvalue weighted by atomic mass is 32.2. The third-order valence-electron chi connectivity index (χ3n) is 4.40. The van der Waals surface area contributed by atoms with Crippen LogP contribution in [0.5, 0.6) is 0 Å². The Labute approximate surface area is 166 Å². The molecule has 29 heavy (non-hydrogen) atoms. The van der Waals surface area contributed by atoms with E-state index in [4.69, 9.17) is 4.52 Å². The number of nitrogens with one attached hydrogen (secondary N) is 1. The highest BCUT2D eigenvalue weighted by Gasteiger charge is 2.32. The molecule has 0 spiro atoms. The topological polar surface area (TPSA) is 72.2 Å². The predicted molar refractivity (Wildman–Crippen MR) is 102 cm³/mol. The van der Waals surface area contributed by atoms with Crippen LogP contribution in [0.4, 0.5) is 13.2 Å². The third-order valence-corrected chi connectivity index (χ3v) is 5.78. The molecule has 0 aliphatic heterocycles. The maximum Gasteiger partial charge on any atom is 0.416 e. The van der Waals surface area contributed by atoms with Gasteiger partial charge >= 0.3 is 6.18 Å². The van der Waals surface area contributed by atoms with Crippen molar-refractivity contribution in [3.63, 3.8) is 0 Å². The summed E-state index contributed by atoms with van der Waals surface area (Å²) in [5.74, 6) is 0.639. The summed E-state index contributed by atoms with van der Waals surface area (Å²) in [5.41, 5.74) is 2.20. The fourth-order valence-electron chi connectivity index (χ4n) is 3.06. The molecular formula is C20H19F3N2O3S. The lowest BCUT2D eigenvalue weighted by Crippen LogP contribution is -2.24. The molecule has 3 aromatic rings. The number of nitrogens with zero attached hydrogens (tertiary/aromatic N) is 1. The minimum Gasteiger partial charge on any atom is -0.361 e. The van der Waals surface area contributed by atoms with E-state index in [-0.39, 0.29) is 12.1 Å². The van der Waals surface area contributed by atoms with Crippen LogP contribution in [0.3, 0.4) is 0 Å². The third kappa shape index (κ3) is 4.68. The number of benzene rings is 2. The predicted octanol–water partition coefficient (Wildman–Crippen LogP) is 4.76. The highest BCUT2D eigenvalue weighted by molar-refractivity contribution is 7.89. The van der Waals surface area contributed by atoms with Gasteiger partial charge in [0.2, 0.25) is 10.0 Å². The molecule has 0 unspecified atom stereocenters. The molecular weight excluding hydrogens is 405 g/mol. The van der Waals surface area contributed by atoms with Crippen LogP contribution in [-0.4, -0.2) is 13.6 Å². The lowest BCUT2D eigenvalue weighted by atomic mass is 10.0. The van der Waals surface area contributed by atoms with Crippen molar-refractivity contribution in [2.75, 3.05) is 0 Å². The number of halogens is 3. The fraction of sp³-hybridized carbons (Fsp3) is 0.250. The zero-order valence-corrected chi connectivity index (χ0v) is 16.8. The molecule has 0 aliphatic rings. The van der Waals surface area contributed by atoms with E-state index in [1.54, 1.807) is 32.0 Å². The number of alkyl halides is 3. The molecule has 0 amide bonds. The Bertz CT molecular complexity index is 1130. The van der Waals surface area contributed by atoms with E-state index in [0.717, 1.165) is 17.2 Å². The number of sulfonamides is 1. The summed E-state index contributed by atoms with van der Waals surface area (Å²) in [4.78, 5) is -0.424. The second-order valence-corrected chi connectivity index (χ2v) is 8.52. The van der Waals surface area contributed by atoms with Crippen molar-refractivity contribution < 1.29 is 26.1 Å². The molecule has 2 aromatic carbocycles. The first-order valence-electron chi connectivity index (χ1n) is 8.68. The summed E-state index contributed by atoms with van der Waals surface area (Å²) in [5, 5.41) is 3.90. The Kier molecular flexibility index (Phi) is 5.55. The van der Waals surface area contributed by atoms with Crippen molar-refractivity contribution in [3.8, 4) is 11.1 Å². The monoisotopic (exact) mass is 424 g/mol. The summed E-state index contributed by atoms with van der Waals surface area (Å²) in [6.45, 7) is 4.92. The van der Waals surface area contributed by atoms with Gasteiger partial charge in [-0.25, -0.2) is 13.1 Å². The standard InChI is InChI=1S/C20H19F3N2O3S/c1-12-7-17(20(21,22)23)10-18(8-12)29(26,27)24-11-15-5-4-6-16(9-15)19-13(2)25-28-14(19)3/h4-10,24H,11H2,1-3H3. The van der Waals surface area contributed by atoms with Crippen LogP contribution in [0.25, 0.3) is 11.1 Å². The molecule has 1 heterocycles. The van der Waals surface area contributed by atoms with Gasteiger partial charge in [-0.15, -0.1) is 0 Å². The van der Waals surface area contributed by atoms with Crippen molar-refractivity contribution in [1.29, 1.82) is 0 Å². The summed E-state index contributed by atoms with van der Waals surface area (Å²) >= 11 is 0. The van der Waals surface area contributed by atoms with Crippen molar-refractivity contribution in [3.05, 3.63) is 70.6 Å². The molecule has 9 heteroatoms. The Hall–Kier alpha value is -2.65. The molecule has 0 fully saturated rings. The van der Waals surface area contributed by atoms with E-state index in [0.29, 0.717) is 23.1 Å². The Morgan fingerprint density at radius 2 is 1.79 bits per heavy atom. The van der Waals surface area contributed by atoms with Gasteiger partial charge in [0, 0.05) is 12.1 Å². The Morgan fingerprint density at radius 1 is 1.07 bits per heavy atom. The Morgan fingerprint density at radius 3 is 2.41 bits per heavy atom. The normalized spacial score (nSPS) is 12.3. The second-order valence-electron chi connectivity index (χ2n) is 6.76. The number of hydrogen-bond donors (Lipinski definition) is 1. The largest absolute Gasteiger partial charge is 0.416 e. The zero-order chi connectivity index (χ0) is 21.4. The minimum atomic E-state index is -4.63. The van der Waals surface area contributed by atoms with Crippen molar-refractivity contribution in [2.45, 2.75) is 38.4 Å². The van der Waals surface area contributed by atoms with E-state index in [2.05, 4.69) is 9.88 Å². The van der Waals surface area contributed by atoms with Gasteiger partial charge in [0.05, 0.1) is 16.2 Å². The van der Waals surface area contributed by atoms with Gasteiger partial charge in [-0.1, -0.05) is 23.4 Å². The van der Waals surface area contributed by atoms with Crippen molar-refractivity contribution in [2.24, 2.45) is 0 Å². The average molecular weight is 424 g/mol. The van der Waals surface area contributed by atoms with E-state index >= 15 is 0 Å². The summed E-state index contributed by atoms with van der Waals surface area (Å²) in [6, 6.07) is 9.87. The van der Waals surface area contributed by atoms with Gasteiger partial charge < -0.3 is 4.52 Å². The maximum atomic E-state index is 13.0. The lowest BCUT2D eigenvalue weighted by Gasteiger charge is -2.12. The van der Waals surface area contributed by atoms with Crippen molar-refractivity contribution >= 4 is 10.0 Å². The molecule has 0 radical (unpaired) electrons. The first kappa shape index (κ1) is 21.1. The van der Waals surface area contributed by atoms with Gasteiger partial charge in [0.15, 0.2) is 0 Å². The van der Waals surface area contributed by atoms with Gasteiger partial charge in [-0.3, -0.25) is 0 Å². The molecule has 5 nitrogen and oxygen atoms in total. The minimum absolute atomic E-state index is 0.0746. The van der Waals surface area contributed by atoms with Crippen LogP contribution in [0.15, 0.2) is 51.9 Å². The number of aryl methyl sites for hydroxylation is 3. The van der Waals surface area contributed by atoms with Gasteiger partial charge in [0.1, 0.15) is 5.76 Å². The molecule has 3 rings (SSSR count). The van der Waals surface area contributed by atoms with Gasteiger partial charge in [0.25, 0.3) is 0 Å². The zero-order valence-electron chi connectivity index (χ0n) is 16.0. The van der Waals surface area contributed by atoms with Crippen LogP contribution < -0.4 is 4.72 Å². The van der Waals surface area contributed by atoms with Crippen molar-refractivity contribution in [1.82, 2.24) is 9.88 Å². The van der Waals surface area contributed by atoms with E-state index < -0.39 is 26.7 Å². The van der Waals surface area contributed by atoms with Gasteiger partial charge in [-0.05, 0) is 61.7 Å². The Balaban J connectivity index is 1.85. The molecule has 1 aromatic heterocycles. The van der Waals surface area contributed by atoms with E-state index in [1.165, 1.54) is 13.0 Å². The second kappa shape index (κ2) is 7.64. The molecule has 0 aliphatic carbocycles. The van der Waals surface area contributed by atoms with Crippen LogP contribution in [-0.2, 0) is 22.7 Å². The van der Waals surface area contributed by atoms with Crippen LogP contribution in [0.1, 0.15) is 28.1 Å². The number of hydrogen-bond acceptors (Lipinski definition) is 4. The number of rotatable bonds is 5. The highest BCUT2D eigenvalue weighted by Crippen LogP contribution is 2.32. The molecule has 0 saturated heterocycles. The smallest absolute Gasteiger partial charge is 0.361 e. The maximum absolute atomic E-state index is 13.0. The van der Waals surface area contributed by atoms with Gasteiger partial charge in [-0.2, -0.15) is 13.2 Å². The summed E-state index contributed by atoms with van der Waals surface area (Å²) in [6.07, 6.45) is -4.63. The molecule has 0 saturated carbocycles. The fourth-order valence-corrected chi connectivity index (χ4v) is 4.21. The van der Waals surface area contributed by atoms with Crippen LogP contribution >= 0.6 is 0 Å². The SMILES string of the molecule is Cc1cc(C(F)(F)F)cc(S(=O)(=O)NCc2cccc(-c3c(C)noc3C)c2)c1. The van der Waals surface area contributed by atoms with E-state index in [1.807, 2.05) is 6.07 Å². The first-order chi connectivity index (χ1) is 13.5. The quantitative estimate of drug-likeness (QED) is 0.641.